The minimum absolute atomic E-state index is 0.165. The second kappa shape index (κ2) is 6.75. The Morgan fingerprint density at radius 3 is 3.04 bits per heavy atom. The first-order chi connectivity index (χ1) is 13.1. The number of nitrogens with zero attached hydrogens (tertiary/aromatic N) is 5. The number of amides is 1. The lowest BCUT2D eigenvalue weighted by molar-refractivity contribution is 0.0952. The van der Waals surface area contributed by atoms with E-state index in [0.717, 1.165) is 12.1 Å². The van der Waals surface area contributed by atoms with Crippen LogP contribution < -0.4 is 20.6 Å². The molecule has 0 aliphatic carbocycles. The minimum Gasteiger partial charge on any atom is -0.488 e. The molecule has 3 aromatic rings. The van der Waals surface area contributed by atoms with E-state index in [1.807, 2.05) is 24.0 Å². The minimum atomic E-state index is -0.195. The highest BCUT2D eigenvalue weighted by Gasteiger charge is 2.23. The van der Waals surface area contributed by atoms with E-state index >= 15 is 0 Å². The number of aromatic nitrogens is 4. The van der Waals surface area contributed by atoms with Gasteiger partial charge in [-0.3, -0.25) is 9.20 Å². The molecule has 1 N–H and O–H groups in total. The molecule has 0 unspecified atom stereocenters. The number of aryl methyl sites for hydroxylation is 1. The van der Waals surface area contributed by atoms with E-state index in [2.05, 4.69) is 15.4 Å². The number of hydrogen-bond acceptors (Lipinski definition) is 6. The van der Waals surface area contributed by atoms with Crippen molar-refractivity contribution in [3.63, 3.8) is 0 Å². The van der Waals surface area contributed by atoms with Gasteiger partial charge in [0.15, 0.2) is 17.2 Å². The van der Waals surface area contributed by atoms with Crippen molar-refractivity contribution in [1.29, 1.82) is 0 Å². The Morgan fingerprint density at radius 1 is 1.37 bits per heavy atom. The average molecular weight is 368 g/mol. The number of fused-ring (bicyclic) bond motifs is 2. The smallest absolute Gasteiger partial charge is 0.350 e. The van der Waals surface area contributed by atoms with Gasteiger partial charge in [0, 0.05) is 37.7 Å². The van der Waals surface area contributed by atoms with Crippen LogP contribution in [-0.2, 0) is 7.05 Å². The summed E-state index contributed by atoms with van der Waals surface area (Å²) in [6, 6.07) is 5.39. The summed E-state index contributed by atoms with van der Waals surface area (Å²) in [6.07, 6.45) is 4.12. The van der Waals surface area contributed by atoms with Crippen LogP contribution in [0.3, 0.4) is 0 Å². The third kappa shape index (κ3) is 3.01. The van der Waals surface area contributed by atoms with Gasteiger partial charge in [0.25, 0.3) is 5.91 Å². The van der Waals surface area contributed by atoms with E-state index in [0.29, 0.717) is 42.5 Å². The molecule has 27 heavy (non-hydrogen) atoms. The SMILES string of the molecule is CCCNC(=O)c1cnc2c(c1)OCCN2c1ccn2c(=O)n(C)nc2c1. The maximum Gasteiger partial charge on any atom is 0.350 e. The van der Waals surface area contributed by atoms with Gasteiger partial charge in [-0.1, -0.05) is 6.92 Å². The number of hydrogen-bond donors (Lipinski definition) is 1. The Labute approximate surface area is 155 Å². The number of ether oxygens (including phenoxy) is 1. The second-order valence-corrected chi connectivity index (χ2v) is 6.32. The summed E-state index contributed by atoms with van der Waals surface area (Å²) in [4.78, 5) is 30.6. The van der Waals surface area contributed by atoms with Gasteiger partial charge in [-0.2, -0.15) is 5.10 Å². The van der Waals surface area contributed by atoms with Gasteiger partial charge >= 0.3 is 5.69 Å². The number of rotatable bonds is 4. The maximum absolute atomic E-state index is 12.2. The first kappa shape index (κ1) is 17.1. The molecular weight excluding hydrogens is 348 g/mol. The van der Waals surface area contributed by atoms with Crippen molar-refractivity contribution in [2.45, 2.75) is 13.3 Å². The number of pyridine rings is 2. The van der Waals surface area contributed by atoms with Crippen LogP contribution in [0.2, 0.25) is 0 Å². The standard InChI is InChI=1S/C18H20N6O3/c1-3-5-19-17(25)12-9-14-16(20-11-12)23(7-8-27-14)13-4-6-24-15(10-13)21-22(2)18(24)26/h4,6,9-11H,3,5,7-8H2,1-2H3,(H,19,25). The Morgan fingerprint density at radius 2 is 2.22 bits per heavy atom. The van der Waals surface area contributed by atoms with Gasteiger partial charge in [-0.05, 0) is 18.6 Å². The van der Waals surface area contributed by atoms with Gasteiger partial charge in [0.05, 0.1) is 12.1 Å². The van der Waals surface area contributed by atoms with Crippen molar-refractivity contribution in [3.05, 3.63) is 46.6 Å². The zero-order valence-electron chi connectivity index (χ0n) is 15.2. The summed E-state index contributed by atoms with van der Waals surface area (Å²) in [6.45, 7) is 3.69. The van der Waals surface area contributed by atoms with Crippen LogP contribution in [0.5, 0.6) is 5.75 Å². The molecule has 0 saturated heterocycles. The van der Waals surface area contributed by atoms with Gasteiger partial charge in [-0.25, -0.2) is 14.5 Å². The Hall–Kier alpha value is -3.36. The van der Waals surface area contributed by atoms with Crippen molar-refractivity contribution in [2.75, 3.05) is 24.6 Å². The summed E-state index contributed by atoms with van der Waals surface area (Å²) in [5.74, 6) is 1.03. The zero-order valence-corrected chi connectivity index (χ0v) is 15.2. The third-order valence-electron chi connectivity index (χ3n) is 4.42. The van der Waals surface area contributed by atoms with Crippen molar-refractivity contribution in [2.24, 2.45) is 7.05 Å². The van der Waals surface area contributed by atoms with E-state index in [1.165, 1.54) is 9.08 Å². The fraction of sp³-hybridized carbons (Fsp3) is 0.333. The van der Waals surface area contributed by atoms with Gasteiger partial charge in [0.1, 0.15) is 6.61 Å². The molecule has 1 aliphatic heterocycles. The van der Waals surface area contributed by atoms with E-state index in [1.54, 1.807) is 25.5 Å². The molecule has 4 heterocycles. The Kier molecular flexibility index (Phi) is 4.27. The molecule has 9 heteroatoms. The Balaban J connectivity index is 1.69. The molecule has 0 aromatic carbocycles. The molecule has 0 radical (unpaired) electrons. The summed E-state index contributed by atoms with van der Waals surface area (Å²) in [7, 11) is 1.62. The van der Waals surface area contributed by atoms with Crippen molar-refractivity contribution in [3.8, 4) is 5.75 Å². The van der Waals surface area contributed by atoms with Crippen LogP contribution >= 0.6 is 0 Å². The second-order valence-electron chi connectivity index (χ2n) is 6.32. The van der Waals surface area contributed by atoms with Crippen LogP contribution in [0.4, 0.5) is 11.5 Å². The van der Waals surface area contributed by atoms with Gasteiger partial charge in [0.2, 0.25) is 0 Å². The first-order valence-electron chi connectivity index (χ1n) is 8.82. The molecule has 0 fully saturated rings. The highest BCUT2D eigenvalue weighted by molar-refractivity contribution is 5.94. The predicted molar refractivity (Wildman–Crippen MR) is 99.8 cm³/mol. The quantitative estimate of drug-likeness (QED) is 0.741. The van der Waals surface area contributed by atoms with Gasteiger partial charge < -0.3 is 15.0 Å². The zero-order chi connectivity index (χ0) is 19.0. The summed E-state index contributed by atoms with van der Waals surface area (Å²) < 4.78 is 8.51. The van der Waals surface area contributed by atoms with Crippen LogP contribution in [0.15, 0.2) is 35.4 Å². The monoisotopic (exact) mass is 368 g/mol. The largest absolute Gasteiger partial charge is 0.488 e. The molecule has 0 atom stereocenters. The topological polar surface area (TPSA) is 93.8 Å². The molecule has 9 nitrogen and oxygen atoms in total. The molecule has 4 rings (SSSR count). The number of anilines is 2. The van der Waals surface area contributed by atoms with Gasteiger partial charge in [-0.15, -0.1) is 0 Å². The van der Waals surface area contributed by atoms with Crippen molar-refractivity contribution < 1.29 is 9.53 Å². The van der Waals surface area contributed by atoms with Crippen LogP contribution in [0.1, 0.15) is 23.7 Å². The van der Waals surface area contributed by atoms with Crippen LogP contribution in [0, 0.1) is 0 Å². The normalized spacial score (nSPS) is 13.3. The Bertz CT molecular complexity index is 1070. The summed E-state index contributed by atoms with van der Waals surface area (Å²) in [5, 5.41) is 7.06. The van der Waals surface area contributed by atoms with E-state index in [4.69, 9.17) is 4.74 Å². The summed E-state index contributed by atoms with van der Waals surface area (Å²) in [5.41, 5.74) is 1.69. The molecule has 0 bridgehead atoms. The molecular formula is C18H20N6O3. The number of nitrogens with one attached hydrogen (secondary N) is 1. The highest BCUT2D eigenvalue weighted by atomic mass is 16.5. The lowest BCUT2D eigenvalue weighted by Gasteiger charge is -2.30. The molecule has 0 saturated carbocycles. The van der Waals surface area contributed by atoms with E-state index in [9.17, 15) is 9.59 Å². The van der Waals surface area contributed by atoms with E-state index in [-0.39, 0.29) is 11.6 Å². The fourth-order valence-corrected chi connectivity index (χ4v) is 3.05. The van der Waals surface area contributed by atoms with Crippen LogP contribution in [0.25, 0.3) is 5.65 Å². The van der Waals surface area contributed by atoms with Crippen molar-refractivity contribution >= 4 is 23.1 Å². The average Bonchev–Trinajstić information content (AvgIpc) is 2.98. The third-order valence-corrected chi connectivity index (χ3v) is 4.42. The molecule has 0 spiro atoms. The first-order valence-corrected chi connectivity index (χ1v) is 8.82. The van der Waals surface area contributed by atoms with Crippen molar-refractivity contribution in [1.82, 2.24) is 24.5 Å². The lowest BCUT2D eigenvalue weighted by atomic mass is 10.2. The summed E-state index contributed by atoms with van der Waals surface area (Å²) >= 11 is 0. The number of carbonyl (C=O) groups is 1. The lowest BCUT2D eigenvalue weighted by Crippen LogP contribution is -2.30. The van der Waals surface area contributed by atoms with Crippen LogP contribution in [-0.4, -0.2) is 44.8 Å². The molecule has 1 aliphatic rings. The molecule has 140 valence electrons. The number of carbonyl (C=O) groups excluding carboxylic acids is 1. The van der Waals surface area contributed by atoms with E-state index < -0.39 is 0 Å². The molecule has 1 amide bonds. The maximum atomic E-state index is 12.2. The highest BCUT2D eigenvalue weighted by Crippen LogP contribution is 2.35. The molecule has 3 aromatic heterocycles. The predicted octanol–water partition coefficient (Wildman–Crippen LogP) is 1.10. The fourth-order valence-electron chi connectivity index (χ4n) is 3.05.